The number of anilines is 1. The summed E-state index contributed by atoms with van der Waals surface area (Å²) in [7, 11) is 0. The topological polar surface area (TPSA) is 66.5 Å². The van der Waals surface area contributed by atoms with Crippen molar-refractivity contribution >= 4 is 28.6 Å². The molecule has 96 valence electrons. The SMILES string of the molecule is CCNc1cc(Sc2nc3ccccc3[nH]2)ncn1. The third-order valence-electron chi connectivity index (χ3n) is 2.57. The molecule has 3 rings (SSSR count). The molecule has 1 aromatic carbocycles. The largest absolute Gasteiger partial charge is 0.370 e. The summed E-state index contributed by atoms with van der Waals surface area (Å²) in [6.45, 7) is 2.87. The van der Waals surface area contributed by atoms with Crippen molar-refractivity contribution in [1.29, 1.82) is 0 Å². The second-order valence-corrected chi connectivity index (χ2v) is 4.94. The van der Waals surface area contributed by atoms with E-state index in [0.29, 0.717) is 0 Å². The molecular weight excluding hydrogens is 258 g/mol. The van der Waals surface area contributed by atoms with E-state index in [4.69, 9.17) is 0 Å². The Morgan fingerprint density at radius 2 is 2.16 bits per heavy atom. The van der Waals surface area contributed by atoms with Gasteiger partial charge in [0.15, 0.2) is 5.16 Å². The van der Waals surface area contributed by atoms with Gasteiger partial charge in [0.25, 0.3) is 0 Å². The molecular formula is C13H13N5S. The summed E-state index contributed by atoms with van der Waals surface area (Å²) in [5.74, 6) is 0.830. The Kier molecular flexibility index (Phi) is 3.33. The number of H-pyrrole nitrogens is 1. The van der Waals surface area contributed by atoms with Crippen LogP contribution < -0.4 is 5.32 Å². The van der Waals surface area contributed by atoms with Crippen LogP contribution in [0.15, 0.2) is 46.8 Å². The van der Waals surface area contributed by atoms with Crippen molar-refractivity contribution in [1.82, 2.24) is 19.9 Å². The number of benzene rings is 1. The molecule has 2 N–H and O–H groups in total. The van der Waals surface area contributed by atoms with Gasteiger partial charge in [-0.05, 0) is 30.8 Å². The molecule has 0 aliphatic heterocycles. The molecule has 2 aromatic heterocycles. The van der Waals surface area contributed by atoms with E-state index in [1.165, 1.54) is 11.8 Å². The van der Waals surface area contributed by atoms with Crippen LogP contribution in [-0.4, -0.2) is 26.5 Å². The Morgan fingerprint density at radius 3 is 3.00 bits per heavy atom. The van der Waals surface area contributed by atoms with Crippen molar-refractivity contribution in [2.24, 2.45) is 0 Å². The van der Waals surface area contributed by atoms with Gasteiger partial charge < -0.3 is 10.3 Å². The molecule has 0 atom stereocenters. The van der Waals surface area contributed by atoms with E-state index in [0.717, 1.165) is 33.6 Å². The third kappa shape index (κ3) is 2.68. The van der Waals surface area contributed by atoms with E-state index < -0.39 is 0 Å². The molecule has 0 saturated carbocycles. The Balaban J connectivity index is 1.85. The maximum Gasteiger partial charge on any atom is 0.172 e. The first-order valence-electron chi connectivity index (χ1n) is 6.03. The Bertz CT molecular complexity index is 661. The van der Waals surface area contributed by atoms with Crippen molar-refractivity contribution in [3.8, 4) is 0 Å². The molecule has 0 saturated heterocycles. The monoisotopic (exact) mass is 271 g/mol. The fourth-order valence-electron chi connectivity index (χ4n) is 1.75. The lowest BCUT2D eigenvalue weighted by Gasteiger charge is -2.02. The number of hydrogen-bond donors (Lipinski definition) is 2. The summed E-state index contributed by atoms with van der Waals surface area (Å²) in [5, 5.41) is 4.87. The standard InChI is InChI=1S/C13H13N5S/c1-2-14-11-7-12(16-8-15-11)19-13-17-9-5-3-4-6-10(9)18-13/h3-8H,2H2,1H3,(H,17,18)(H,14,15,16). The van der Waals surface area contributed by atoms with Crippen LogP contribution in [0.5, 0.6) is 0 Å². The average molecular weight is 271 g/mol. The highest BCUT2D eigenvalue weighted by molar-refractivity contribution is 7.99. The number of fused-ring (bicyclic) bond motifs is 1. The zero-order valence-electron chi connectivity index (χ0n) is 10.4. The smallest absolute Gasteiger partial charge is 0.172 e. The van der Waals surface area contributed by atoms with Gasteiger partial charge in [-0.2, -0.15) is 0 Å². The van der Waals surface area contributed by atoms with E-state index in [-0.39, 0.29) is 0 Å². The van der Waals surface area contributed by atoms with Crippen LogP contribution in [0.1, 0.15) is 6.92 Å². The fraction of sp³-hybridized carbons (Fsp3) is 0.154. The summed E-state index contributed by atoms with van der Waals surface area (Å²) in [5.41, 5.74) is 2.00. The van der Waals surface area contributed by atoms with Crippen LogP contribution in [0.2, 0.25) is 0 Å². The highest BCUT2D eigenvalue weighted by Crippen LogP contribution is 2.26. The van der Waals surface area contributed by atoms with Crippen molar-refractivity contribution in [3.63, 3.8) is 0 Å². The highest BCUT2D eigenvalue weighted by atomic mass is 32.2. The number of rotatable bonds is 4. The first kappa shape index (κ1) is 12.0. The number of imidazole rings is 1. The Hall–Kier alpha value is -2.08. The van der Waals surface area contributed by atoms with Crippen LogP contribution in [0.3, 0.4) is 0 Å². The maximum atomic E-state index is 4.51. The molecule has 0 unspecified atom stereocenters. The summed E-state index contributed by atoms with van der Waals surface area (Å²) >= 11 is 1.50. The molecule has 0 amide bonds. The first-order chi connectivity index (χ1) is 9.35. The zero-order valence-corrected chi connectivity index (χ0v) is 11.2. The van der Waals surface area contributed by atoms with Gasteiger partial charge in [-0.15, -0.1) is 0 Å². The third-order valence-corrected chi connectivity index (χ3v) is 3.39. The van der Waals surface area contributed by atoms with Gasteiger partial charge in [0, 0.05) is 12.6 Å². The average Bonchev–Trinajstić information content (AvgIpc) is 2.81. The summed E-state index contributed by atoms with van der Waals surface area (Å²) < 4.78 is 0. The number of nitrogens with one attached hydrogen (secondary N) is 2. The second kappa shape index (κ2) is 5.27. The van der Waals surface area contributed by atoms with Crippen molar-refractivity contribution in [2.45, 2.75) is 17.1 Å². The van der Waals surface area contributed by atoms with Gasteiger partial charge >= 0.3 is 0 Å². The number of aromatic nitrogens is 4. The first-order valence-corrected chi connectivity index (χ1v) is 6.85. The van der Waals surface area contributed by atoms with Crippen LogP contribution in [-0.2, 0) is 0 Å². The maximum absolute atomic E-state index is 4.51. The molecule has 0 spiro atoms. The Labute approximate surface area is 114 Å². The molecule has 0 radical (unpaired) electrons. The van der Waals surface area contributed by atoms with Crippen LogP contribution in [0, 0.1) is 0 Å². The van der Waals surface area contributed by atoms with Gasteiger partial charge in [-0.25, -0.2) is 15.0 Å². The lowest BCUT2D eigenvalue weighted by atomic mass is 10.3. The minimum Gasteiger partial charge on any atom is -0.370 e. The van der Waals surface area contributed by atoms with Gasteiger partial charge in [0.2, 0.25) is 0 Å². The predicted octanol–water partition coefficient (Wildman–Crippen LogP) is 2.94. The van der Waals surface area contributed by atoms with Crippen LogP contribution >= 0.6 is 11.8 Å². The van der Waals surface area contributed by atoms with Crippen LogP contribution in [0.4, 0.5) is 5.82 Å². The zero-order chi connectivity index (χ0) is 13.1. The molecule has 0 fully saturated rings. The van der Waals surface area contributed by atoms with Gasteiger partial charge in [0.05, 0.1) is 11.0 Å². The molecule has 3 aromatic rings. The van der Waals surface area contributed by atoms with E-state index in [9.17, 15) is 0 Å². The predicted molar refractivity (Wildman–Crippen MR) is 76.4 cm³/mol. The summed E-state index contributed by atoms with van der Waals surface area (Å²) in [6, 6.07) is 9.88. The van der Waals surface area contributed by atoms with E-state index in [1.807, 2.05) is 37.3 Å². The summed E-state index contributed by atoms with van der Waals surface area (Å²) in [6.07, 6.45) is 1.56. The molecule has 5 nitrogen and oxygen atoms in total. The fourth-order valence-corrected chi connectivity index (χ4v) is 2.52. The van der Waals surface area contributed by atoms with E-state index >= 15 is 0 Å². The molecule has 0 aliphatic carbocycles. The molecule has 6 heteroatoms. The van der Waals surface area contributed by atoms with E-state index in [1.54, 1.807) is 6.33 Å². The molecule has 2 heterocycles. The molecule has 0 aliphatic rings. The van der Waals surface area contributed by atoms with Crippen LogP contribution in [0.25, 0.3) is 11.0 Å². The van der Waals surface area contributed by atoms with Crippen molar-refractivity contribution in [3.05, 3.63) is 36.7 Å². The Morgan fingerprint density at radius 1 is 1.26 bits per heavy atom. The molecule has 19 heavy (non-hydrogen) atoms. The normalized spacial score (nSPS) is 10.8. The van der Waals surface area contributed by atoms with Gasteiger partial charge in [-0.3, -0.25) is 0 Å². The van der Waals surface area contributed by atoms with E-state index in [2.05, 4.69) is 25.3 Å². The second-order valence-electron chi connectivity index (χ2n) is 3.93. The number of hydrogen-bond acceptors (Lipinski definition) is 5. The molecule has 0 bridgehead atoms. The van der Waals surface area contributed by atoms with Gasteiger partial charge in [-0.1, -0.05) is 12.1 Å². The van der Waals surface area contributed by atoms with Crippen molar-refractivity contribution in [2.75, 3.05) is 11.9 Å². The lowest BCUT2D eigenvalue weighted by molar-refractivity contribution is 1.01. The summed E-state index contributed by atoms with van der Waals surface area (Å²) in [4.78, 5) is 16.2. The highest BCUT2D eigenvalue weighted by Gasteiger charge is 2.06. The van der Waals surface area contributed by atoms with Crippen molar-refractivity contribution < 1.29 is 0 Å². The van der Waals surface area contributed by atoms with Gasteiger partial charge in [0.1, 0.15) is 17.2 Å². The quantitative estimate of drug-likeness (QED) is 0.714. The minimum atomic E-state index is 0.830. The number of aromatic amines is 1. The number of para-hydroxylation sites is 2. The lowest BCUT2D eigenvalue weighted by Crippen LogP contribution is -1.99. The minimum absolute atomic E-state index is 0.830. The number of nitrogens with zero attached hydrogens (tertiary/aromatic N) is 3.